The van der Waals surface area contributed by atoms with Gasteiger partial charge >= 0.3 is 11.9 Å². The Kier molecular flexibility index (Phi) is 3.88. The summed E-state index contributed by atoms with van der Waals surface area (Å²) in [7, 11) is 0. The molecule has 0 aromatic carbocycles. The molecule has 0 unspecified atom stereocenters. The van der Waals surface area contributed by atoms with Crippen LogP contribution >= 0.6 is 0 Å². The first-order chi connectivity index (χ1) is 7.07. The van der Waals surface area contributed by atoms with Crippen molar-refractivity contribution in [1.82, 2.24) is 0 Å². The van der Waals surface area contributed by atoms with Gasteiger partial charge in [-0.1, -0.05) is 19.1 Å². The van der Waals surface area contributed by atoms with Gasteiger partial charge in [-0.3, -0.25) is 9.59 Å². The fraction of sp³-hybridized carbons (Fsp3) is 0.636. The predicted molar refractivity (Wildman–Crippen MR) is 54.2 cm³/mol. The molecule has 0 radical (unpaired) electrons. The summed E-state index contributed by atoms with van der Waals surface area (Å²) < 4.78 is 4.90. The van der Waals surface area contributed by atoms with Crippen molar-refractivity contribution < 1.29 is 19.4 Å². The molecule has 0 fully saturated rings. The van der Waals surface area contributed by atoms with E-state index in [4.69, 9.17) is 9.84 Å². The number of ether oxygens (including phenoxy) is 1. The smallest absolute Gasteiger partial charge is 0.310 e. The second kappa shape index (κ2) is 4.96. The highest BCUT2D eigenvalue weighted by atomic mass is 16.5. The van der Waals surface area contributed by atoms with Gasteiger partial charge < -0.3 is 9.84 Å². The van der Waals surface area contributed by atoms with Crippen LogP contribution in [0.2, 0.25) is 0 Å². The number of rotatable bonds is 3. The highest BCUT2D eigenvalue weighted by Crippen LogP contribution is 2.31. The first kappa shape index (κ1) is 11.8. The van der Waals surface area contributed by atoms with E-state index in [0.29, 0.717) is 6.42 Å². The minimum Gasteiger partial charge on any atom is -0.481 e. The molecule has 0 aromatic rings. The summed E-state index contributed by atoms with van der Waals surface area (Å²) in [6, 6.07) is 0. The van der Waals surface area contributed by atoms with Crippen molar-refractivity contribution >= 4 is 11.9 Å². The van der Waals surface area contributed by atoms with Crippen LogP contribution in [0.5, 0.6) is 0 Å². The van der Waals surface area contributed by atoms with Crippen LogP contribution in [0.4, 0.5) is 0 Å². The lowest BCUT2D eigenvalue weighted by Crippen LogP contribution is -2.36. The van der Waals surface area contributed by atoms with E-state index in [1.54, 1.807) is 6.92 Å². The Morgan fingerprint density at radius 2 is 2.20 bits per heavy atom. The van der Waals surface area contributed by atoms with E-state index in [1.807, 2.05) is 19.1 Å². The van der Waals surface area contributed by atoms with Gasteiger partial charge in [-0.05, 0) is 19.3 Å². The lowest BCUT2D eigenvalue weighted by Gasteiger charge is -2.28. The molecule has 1 aliphatic carbocycles. The number of carboxylic acid groups (broad SMARTS) is 1. The van der Waals surface area contributed by atoms with Crippen molar-refractivity contribution in [3.05, 3.63) is 12.2 Å². The third kappa shape index (κ3) is 2.58. The molecular weight excluding hydrogens is 196 g/mol. The molecule has 3 atom stereocenters. The third-order valence-corrected chi connectivity index (χ3v) is 2.71. The van der Waals surface area contributed by atoms with Crippen molar-refractivity contribution in [1.29, 1.82) is 0 Å². The van der Waals surface area contributed by atoms with E-state index in [1.165, 1.54) is 0 Å². The van der Waals surface area contributed by atoms with Gasteiger partial charge in [0.15, 0.2) is 0 Å². The first-order valence-electron chi connectivity index (χ1n) is 5.14. The lowest BCUT2D eigenvalue weighted by atomic mass is 9.76. The maximum absolute atomic E-state index is 11.6. The molecule has 0 saturated carbocycles. The second-order valence-corrected chi connectivity index (χ2v) is 3.75. The molecule has 1 rings (SSSR count). The Bertz CT molecular complexity index is 282. The molecule has 0 aliphatic heterocycles. The summed E-state index contributed by atoms with van der Waals surface area (Å²) >= 11 is 0. The number of carboxylic acids is 1. The summed E-state index contributed by atoms with van der Waals surface area (Å²) in [6.45, 7) is 3.85. The summed E-state index contributed by atoms with van der Waals surface area (Å²) in [4.78, 5) is 22.6. The number of carbonyl (C=O) groups is 2. The molecule has 4 heteroatoms. The normalized spacial score (nSPS) is 29.9. The fourth-order valence-corrected chi connectivity index (χ4v) is 1.94. The van der Waals surface area contributed by atoms with Gasteiger partial charge in [0.1, 0.15) is 0 Å². The Balaban J connectivity index is 2.83. The lowest BCUT2D eigenvalue weighted by molar-refractivity contribution is -0.159. The van der Waals surface area contributed by atoms with Crippen LogP contribution in [0.1, 0.15) is 20.3 Å². The van der Waals surface area contributed by atoms with Crippen molar-refractivity contribution in [3.63, 3.8) is 0 Å². The van der Waals surface area contributed by atoms with Gasteiger partial charge in [-0.2, -0.15) is 0 Å². The van der Waals surface area contributed by atoms with Gasteiger partial charge in [0.05, 0.1) is 18.4 Å². The Morgan fingerprint density at radius 1 is 1.53 bits per heavy atom. The molecule has 0 saturated heterocycles. The molecule has 0 heterocycles. The van der Waals surface area contributed by atoms with E-state index in [0.717, 1.165) is 0 Å². The summed E-state index contributed by atoms with van der Waals surface area (Å²) in [5.41, 5.74) is 0. The van der Waals surface area contributed by atoms with Crippen LogP contribution in [0, 0.1) is 17.8 Å². The van der Waals surface area contributed by atoms with E-state index in [9.17, 15) is 9.59 Å². The Labute approximate surface area is 88.9 Å². The standard InChI is InChI=1S/C11H16O4/c1-3-15-11(14)9-7(2)5-4-6-8(9)10(12)13/h4-5,7-9H,3,6H2,1-2H3,(H,12,13)/t7-,8+,9+/m0/s1. The largest absolute Gasteiger partial charge is 0.481 e. The molecule has 0 amide bonds. The SMILES string of the molecule is CCOC(=O)[C@@H]1[C@@H](C)C=CC[C@H]1C(=O)O. The molecule has 84 valence electrons. The number of carbonyl (C=O) groups excluding carboxylic acids is 1. The molecule has 0 spiro atoms. The monoisotopic (exact) mass is 212 g/mol. The predicted octanol–water partition coefficient (Wildman–Crippen LogP) is 1.46. The molecule has 1 N–H and O–H groups in total. The first-order valence-corrected chi connectivity index (χ1v) is 5.14. The fourth-order valence-electron chi connectivity index (χ4n) is 1.94. The average Bonchev–Trinajstić information content (AvgIpc) is 2.17. The zero-order valence-corrected chi connectivity index (χ0v) is 8.97. The van der Waals surface area contributed by atoms with Gasteiger partial charge in [0, 0.05) is 0 Å². The van der Waals surface area contributed by atoms with Gasteiger partial charge in [-0.15, -0.1) is 0 Å². The number of hydrogen-bond acceptors (Lipinski definition) is 3. The van der Waals surface area contributed by atoms with E-state index >= 15 is 0 Å². The highest BCUT2D eigenvalue weighted by Gasteiger charge is 2.39. The third-order valence-electron chi connectivity index (χ3n) is 2.71. The van der Waals surface area contributed by atoms with Crippen molar-refractivity contribution in [2.24, 2.45) is 17.8 Å². The summed E-state index contributed by atoms with van der Waals surface area (Å²) in [5.74, 6) is -2.60. The molecule has 15 heavy (non-hydrogen) atoms. The minimum atomic E-state index is -0.927. The van der Waals surface area contributed by atoms with Crippen LogP contribution < -0.4 is 0 Å². The molecular formula is C11H16O4. The maximum atomic E-state index is 11.6. The Hall–Kier alpha value is -1.32. The average molecular weight is 212 g/mol. The topological polar surface area (TPSA) is 63.6 Å². The van der Waals surface area contributed by atoms with Crippen LogP contribution in [-0.4, -0.2) is 23.7 Å². The number of esters is 1. The second-order valence-electron chi connectivity index (χ2n) is 3.75. The molecule has 1 aliphatic rings. The van der Waals surface area contributed by atoms with E-state index in [2.05, 4.69) is 0 Å². The Morgan fingerprint density at radius 3 is 2.73 bits per heavy atom. The quantitative estimate of drug-likeness (QED) is 0.568. The van der Waals surface area contributed by atoms with Gasteiger partial charge in [-0.25, -0.2) is 0 Å². The molecule has 0 aromatic heterocycles. The summed E-state index contributed by atoms with van der Waals surface area (Å²) in [5, 5.41) is 9.00. The maximum Gasteiger partial charge on any atom is 0.310 e. The summed E-state index contributed by atoms with van der Waals surface area (Å²) in [6.07, 6.45) is 4.10. The van der Waals surface area contributed by atoms with Gasteiger partial charge in [0.2, 0.25) is 0 Å². The number of aliphatic carboxylic acids is 1. The van der Waals surface area contributed by atoms with Crippen LogP contribution in [0.3, 0.4) is 0 Å². The van der Waals surface area contributed by atoms with Crippen molar-refractivity contribution in [2.45, 2.75) is 20.3 Å². The van der Waals surface area contributed by atoms with E-state index < -0.39 is 23.8 Å². The molecule has 0 bridgehead atoms. The van der Waals surface area contributed by atoms with Crippen molar-refractivity contribution in [3.8, 4) is 0 Å². The van der Waals surface area contributed by atoms with Crippen LogP contribution in [0.25, 0.3) is 0 Å². The highest BCUT2D eigenvalue weighted by molar-refractivity contribution is 5.82. The molecule has 4 nitrogen and oxygen atoms in total. The number of hydrogen-bond donors (Lipinski definition) is 1. The van der Waals surface area contributed by atoms with E-state index in [-0.39, 0.29) is 12.5 Å². The van der Waals surface area contributed by atoms with Crippen LogP contribution in [0.15, 0.2) is 12.2 Å². The minimum absolute atomic E-state index is 0.0705. The van der Waals surface area contributed by atoms with Crippen molar-refractivity contribution in [2.75, 3.05) is 6.61 Å². The number of allylic oxidation sites excluding steroid dienone is 2. The zero-order valence-electron chi connectivity index (χ0n) is 8.97. The van der Waals surface area contributed by atoms with Crippen LogP contribution in [-0.2, 0) is 14.3 Å². The van der Waals surface area contributed by atoms with Gasteiger partial charge in [0.25, 0.3) is 0 Å². The zero-order chi connectivity index (χ0) is 11.4.